The van der Waals surface area contributed by atoms with E-state index in [9.17, 15) is 8.42 Å². The van der Waals surface area contributed by atoms with Crippen molar-refractivity contribution in [3.05, 3.63) is 83.9 Å². The summed E-state index contributed by atoms with van der Waals surface area (Å²) in [6.07, 6.45) is 7.17. The molecule has 5 heterocycles. The lowest BCUT2D eigenvalue weighted by atomic mass is 9.97. The maximum Gasteiger partial charge on any atom is 0.243 e. The van der Waals surface area contributed by atoms with Gasteiger partial charge in [-0.1, -0.05) is 43.7 Å². The van der Waals surface area contributed by atoms with Crippen LogP contribution in [0.5, 0.6) is 5.88 Å². The van der Waals surface area contributed by atoms with Crippen molar-refractivity contribution < 1.29 is 13.2 Å². The van der Waals surface area contributed by atoms with Crippen LogP contribution in [0.4, 0.5) is 5.82 Å². The maximum absolute atomic E-state index is 12.3. The van der Waals surface area contributed by atoms with Crippen LogP contribution < -0.4 is 14.8 Å². The van der Waals surface area contributed by atoms with Crippen molar-refractivity contribution >= 4 is 21.4 Å². The van der Waals surface area contributed by atoms with E-state index in [0.29, 0.717) is 24.5 Å². The summed E-state index contributed by atoms with van der Waals surface area (Å²) in [5.74, 6) is 0.946. The van der Waals surface area contributed by atoms with Crippen molar-refractivity contribution in [2.45, 2.75) is 37.8 Å². The topological polar surface area (TPSA) is 129 Å². The van der Waals surface area contributed by atoms with Gasteiger partial charge < -0.3 is 9.64 Å². The predicted octanol–water partition coefficient (Wildman–Crippen LogP) is 3.98. The summed E-state index contributed by atoms with van der Waals surface area (Å²) in [5.41, 5.74) is 6.82. The average molecular weight is 542 g/mol. The van der Waals surface area contributed by atoms with E-state index in [1.165, 1.54) is 24.9 Å². The Bertz CT molecular complexity index is 1790. The number of aryl methyl sites for hydroxylation is 1. The molecule has 0 amide bonds. The van der Waals surface area contributed by atoms with E-state index in [0.717, 1.165) is 46.6 Å². The number of anilines is 1. The zero-order valence-corrected chi connectivity index (χ0v) is 22.4. The first-order chi connectivity index (χ1) is 18.9. The summed E-state index contributed by atoms with van der Waals surface area (Å²) in [5, 5.41) is 10.2. The Balaban J connectivity index is 1.57. The van der Waals surface area contributed by atoms with Crippen molar-refractivity contribution in [3.8, 4) is 28.4 Å². The third kappa shape index (κ3) is 4.49. The van der Waals surface area contributed by atoms with Crippen LogP contribution in [-0.2, 0) is 29.5 Å². The number of aromatic nitrogens is 5. The molecule has 10 nitrogen and oxygen atoms in total. The molecule has 5 aromatic rings. The monoisotopic (exact) mass is 541 g/mol. The van der Waals surface area contributed by atoms with E-state index in [-0.39, 0.29) is 10.8 Å². The molecular formula is C28H27N7O3S. The summed E-state index contributed by atoms with van der Waals surface area (Å²) < 4.78 is 31.4. The minimum Gasteiger partial charge on any atom is -0.480 e. The van der Waals surface area contributed by atoms with Gasteiger partial charge in [0.15, 0.2) is 11.6 Å². The summed E-state index contributed by atoms with van der Waals surface area (Å²) in [6, 6.07) is 15.8. The third-order valence-corrected chi connectivity index (χ3v) is 7.79. The number of primary sulfonamides is 1. The highest BCUT2D eigenvalue weighted by Crippen LogP contribution is 2.38. The molecule has 0 bridgehead atoms. The smallest absolute Gasteiger partial charge is 0.243 e. The number of sulfonamides is 1. The zero-order valence-electron chi connectivity index (χ0n) is 21.6. The summed E-state index contributed by atoms with van der Waals surface area (Å²) in [4.78, 5) is 15.7. The molecule has 0 saturated heterocycles. The van der Waals surface area contributed by atoms with Gasteiger partial charge >= 0.3 is 0 Å². The highest BCUT2D eigenvalue weighted by atomic mass is 32.2. The van der Waals surface area contributed by atoms with Gasteiger partial charge in [-0.2, -0.15) is 0 Å². The SMILES string of the molecule is CCCc1ccccc1-c1ccn2nc(-c3cnc(OC)c(S(N)(=O)=O)c3)nc(N3Cc4cccnc4C3)c12. The summed E-state index contributed by atoms with van der Waals surface area (Å²) in [6.45, 7) is 3.40. The van der Waals surface area contributed by atoms with E-state index in [2.05, 4.69) is 52.1 Å². The number of hydrogen-bond acceptors (Lipinski definition) is 8. The largest absolute Gasteiger partial charge is 0.480 e. The quantitative estimate of drug-likeness (QED) is 0.328. The highest BCUT2D eigenvalue weighted by molar-refractivity contribution is 7.89. The molecule has 0 radical (unpaired) electrons. The molecule has 0 aliphatic carbocycles. The highest BCUT2D eigenvalue weighted by Gasteiger charge is 2.27. The fraction of sp³-hybridized carbons (Fsp3) is 0.214. The molecule has 4 aromatic heterocycles. The van der Waals surface area contributed by atoms with Gasteiger partial charge in [0.2, 0.25) is 15.9 Å². The molecule has 1 aromatic carbocycles. The number of benzene rings is 1. The van der Waals surface area contributed by atoms with Gasteiger partial charge in [0.1, 0.15) is 10.4 Å². The Labute approximate surface area is 226 Å². The minimum atomic E-state index is -4.09. The molecule has 0 unspecified atom stereocenters. The molecule has 39 heavy (non-hydrogen) atoms. The third-order valence-electron chi connectivity index (χ3n) is 6.88. The van der Waals surface area contributed by atoms with Crippen LogP contribution in [0.2, 0.25) is 0 Å². The molecule has 1 aliphatic heterocycles. The van der Waals surface area contributed by atoms with Crippen molar-refractivity contribution in [1.82, 2.24) is 24.6 Å². The van der Waals surface area contributed by atoms with Crippen LogP contribution >= 0.6 is 0 Å². The van der Waals surface area contributed by atoms with Crippen molar-refractivity contribution in [2.75, 3.05) is 12.0 Å². The number of hydrogen-bond donors (Lipinski definition) is 1. The molecular weight excluding hydrogens is 514 g/mol. The van der Waals surface area contributed by atoms with Gasteiger partial charge in [-0.3, -0.25) is 4.98 Å². The van der Waals surface area contributed by atoms with Crippen molar-refractivity contribution in [1.29, 1.82) is 0 Å². The Morgan fingerprint density at radius 1 is 1.05 bits per heavy atom. The van der Waals surface area contributed by atoms with Gasteiger partial charge in [-0.05, 0) is 41.3 Å². The van der Waals surface area contributed by atoms with Gasteiger partial charge in [0.25, 0.3) is 0 Å². The second-order valence-corrected chi connectivity index (χ2v) is 11.0. The number of rotatable bonds is 7. The lowest BCUT2D eigenvalue weighted by molar-refractivity contribution is 0.385. The Kier molecular flexibility index (Phi) is 6.24. The number of pyridine rings is 2. The molecule has 11 heteroatoms. The normalized spacial score (nSPS) is 13.2. The maximum atomic E-state index is 12.3. The van der Waals surface area contributed by atoms with Crippen LogP contribution in [0.1, 0.15) is 30.2 Å². The van der Waals surface area contributed by atoms with Crippen LogP contribution in [-0.4, -0.2) is 40.1 Å². The second kappa shape index (κ2) is 9.75. The predicted molar refractivity (Wildman–Crippen MR) is 148 cm³/mol. The summed E-state index contributed by atoms with van der Waals surface area (Å²) >= 11 is 0. The molecule has 0 fully saturated rings. The minimum absolute atomic E-state index is 0.0839. The van der Waals surface area contributed by atoms with Gasteiger partial charge in [0, 0.05) is 36.3 Å². The van der Waals surface area contributed by atoms with E-state index < -0.39 is 10.0 Å². The second-order valence-electron chi connectivity index (χ2n) is 9.43. The number of methoxy groups -OCH3 is 1. The number of fused-ring (bicyclic) bond motifs is 2. The van der Waals surface area contributed by atoms with E-state index >= 15 is 0 Å². The first-order valence-corrected chi connectivity index (χ1v) is 14.1. The Hall–Kier alpha value is -4.35. The number of nitrogens with zero attached hydrogens (tertiary/aromatic N) is 6. The molecule has 2 N–H and O–H groups in total. The average Bonchev–Trinajstić information content (AvgIpc) is 3.57. The lowest BCUT2D eigenvalue weighted by Crippen LogP contribution is -2.19. The molecule has 1 aliphatic rings. The molecule has 0 atom stereocenters. The Morgan fingerprint density at radius 2 is 1.90 bits per heavy atom. The van der Waals surface area contributed by atoms with Gasteiger partial charge in [-0.25, -0.2) is 28.0 Å². The first kappa shape index (κ1) is 25.0. The standard InChI is InChI=1S/C28H27N7O3S/c1-3-7-18-8-4-5-10-21(18)22-11-13-35-25(22)27(34-16-19-9-6-12-30-23(19)17-34)32-26(33-35)20-14-24(39(29,36)37)28(38-2)31-15-20/h4-6,8-15H,3,7,16-17H2,1-2H3,(H2,29,36,37). The van der Waals surface area contributed by atoms with Crippen LogP contribution in [0.15, 0.2) is 72.0 Å². The molecule has 198 valence electrons. The fourth-order valence-corrected chi connectivity index (χ4v) is 5.77. The van der Waals surface area contributed by atoms with Gasteiger partial charge in [0.05, 0.1) is 19.3 Å². The van der Waals surface area contributed by atoms with E-state index in [1.54, 1.807) is 10.7 Å². The van der Waals surface area contributed by atoms with Crippen LogP contribution in [0.25, 0.3) is 28.0 Å². The van der Waals surface area contributed by atoms with Crippen LogP contribution in [0.3, 0.4) is 0 Å². The Morgan fingerprint density at radius 3 is 2.67 bits per heavy atom. The van der Waals surface area contributed by atoms with Gasteiger partial charge in [-0.15, -0.1) is 5.10 Å². The van der Waals surface area contributed by atoms with Crippen molar-refractivity contribution in [2.24, 2.45) is 5.14 Å². The van der Waals surface area contributed by atoms with Crippen molar-refractivity contribution in [3.63, 3.8) is 0 Å². The molecule has 0 spiro atoms. The number of nitrogens with two attached hydrogens (primary N) is 1. The van der Waals surface area contributed by atoms with Crippen LogP contribution in [0, 0.1) is 0 Å². The molecule has 6 rings (SSSR count). The fourth-order valence-electron chi connectivity index (χ4n) is 5.10. The zero-order chi connectivity index (χ0) is 27.1. The lowest BCUT2D eigenvalue weighted by Gasteiger charge is -2.20. The first-order valence-electron chi connectivity index (χ1n) is 12.6. The number of ether oxygens (including phenoxy) is 1. The van der Waals surface area contributed by atoms with E-state index in [4.69, 9.17) is 20.0 Å². The van der Waals surface area contributed by atoms with E-state index in [1.807, 2.05) is 18.3 Å². The summed E-state index contributed by atoms with van der Waals surface area (Å²) in [7, 11) is -2.75. The molecule has 0 saturated carbocycles.